The molecule has 0 spiro atoms. The maximum atomic E-state index is 13.0. The maximum absolute atomic E-state index is 13.0. The number of β-amino-alcohol motifs (C(OH)–C–C–N with tert-alkyl or cyclic N) is 1. The van der Waals surface area contributed by atoms with Crippen LogP contribution in [0.3, 0.4) is 0 Å². The van der Waals surface area contributed by atoms with Crippen molar-refractivity contribution in [3.8, 4) is 0 Å². The highest BCUT2D eigenvalue weighted by Gasteiger charge is 2.36. The summed E-state index contributed by atoms with van der Waals surface area (Å²) in [6, 6.07) is 9.92. The first kappa shape index (κ1) is 15.5. The smallest absolute Gasteiger partial charge is 0.226 e. The summed E-state index contributed by atoms with van der Waals surface area (Å²) in [5, 5.41) is 16.7. The average molecular weight is 303 g/mol. The molecule has 1 aromatic carbocycles. The number of aliphatic hydroxyl groups excluding tert-OH is 1. The molecular weight excluding hydrogens is 278 g/mol. The summed E-state index contributed by atoms with van der Waals surface area (Å²) in [6.07, 6.45) is 1.30. The highest BCUT2D eigenvalue weighted by Crippen LogP contribution is 2.21. The Hall–Kier alpha value is -1.43. The van der Waals surface area contributed by atoms with E-state index in [1.807, 2.05) is 35.2 Å². The van der Waals surface area contributed by atoms with Gasteiger partial charge in [-0.2, -0.15) is 0 Å². The van der Waals surface area contributed by atoms with Crippen molar-refractivity contribution in [1.82, 2.24) is 15.5 Å². The first-order valence-electron chi connectivity index (χ1n) is 8.19. The van der Waals surface area contributed by atoms with Gasteiger partial charge in [-0.1, -0.05) is 30.3 Å². The lowest BCUT2D eigenvalue weighted by atomic mass is 9.95. The lowest BCUT2D eigenvalue weighted by molar-refractivity contribution is -0.141. The fourth-order valence-corrected chi connectivity index (χ4v) is 3.41. The van der Waals surface area contributed by atoms with Crippen molar-refractivity contribution in [3.05, 3.63) is 35.9 Å². The van der Waals surface area contributed by atoms with Gasteiger partial charge in [-0.3, -0.25) is 4.79 Å². The molecule has 1 amide bonds. The lowest BCUT2D eigenvalue weighted by Crippen LogP contribution is -2.50. The van der Waals surface area contributed by atoms with Crippen LogP contribution >= 0.6 is 0 Å². The SMILES string of the molecule is O=C(C1CCNCC1)N(Cc1ccccc1)[C@@H]1CNC[C@H]1O. The van der Waals surface area contributed by atoms with E-state index < -0.39 is 6.10 Å². The van der Waals surface area contributed by atoms with E-state index >= 15 is 0 Å². The molecule has 0 saturated carbocycles. The van der Waals surface area contributed by atoms with Gasteiger partial charge in [0.25, 0.3) is 0 Å². The molecule has 2 aliphatic rings. The van der Waals surface area contributed by atoms with Crippen LogP contribution in [-0.2, 0) is 11.3 Å². The molecule has 0 unspecified atom stereocenters. The number of carbonyl (C=O) groups excluding carboxylic acids is 1. The van der Waals surface area contributed by atoms with Crippen molar-refractivity contribution in [2.75, 3.05) is 26.2 Å². The summed E-state index contributed by atoms with van der Waals surface area (Å²) in [5.41, 5.74) is 1.11. The number of piperidine rings is 1. The van der Waals surface area contributed by atoms with E-state index in [1.165, 1.54) is 0 Å². The van der Waals surface area contributed by atoms with Crippen LogP contribution in [-0.4, -0.2) is 54.2 Å². The predicted octanol–water partition coefficient (Wildman–Crippen LogP) is 0.348. The summed E-state index contributed by atoms with van der Waals surface area (Å²) >= 11 is 0. The number of benzene rings is 1. The van der Waals surface area contributed by atoms with Gasteiger partial charge in [-0.15, -0.1) is 0 Å². The molecule has 3 rings (SSSR count). The molecular formula is C17H25N3O2. The minimum atomic E-state index is -0.477. The van der Waals surface area contributed by atoms with Crippen LogP contribution in [0.25, 0.3) is 0 Å². The standard InChI is InChI=1S/C17H25N3O2/c21-16-11-19-10-15(16)20(12-13-4-2-1-3-5-13)17(22)14-6-8-18-9-7-14/h1-5,14-16,18-19,21H,6-12H2/t15-,16-/m1/s1. The van der Waals surface area contributed by atoms with Crippen LogP contribution in [0.4, 0.5) is 0 Å². The molecule has 0 aliphatic carbocycles. The molecule has 120 valence electrons. The van der Waals surface area contributed by atoms with Gasteiger partial charge >= 0.3 is 0 Å². The Kier molecular flexibility index (Phi) is 5.08. The van der Waals surface area contributed by atoms with Gasteiger partial charge in [0.1, 0.15) is 0 Å². The zero-order valence-corrected chi connectivity index (χ0v) is 12.9. The van der Waals surface area contributed by atoms with Crippen molar-refractivity contribution in [3.63, 3.8) is 0 Å². The molecule has 0 bridgehead atoms. The first-order chi connectivity index (χ1) is 10.8. The molecule has 22 heavy (non-hydrogen) atoms. The number of rotatable bonds is 4. The molecule has 2 heterocycles. The highest BCUT2D eigenvalue weighted by molar-refractivity contribution is 5.79. The van der Waals surface area contributed by atoms with Crippen molar-refractivity contribution in [1.29, 1.82) is 0 Å². The van der Waals surface area contributed by atoms with Crippen LogP contribution in [0, 0.1) is 5.92 Å². The number of nitrogens with one attached hydrogen (secondary N) is 2. The van der Waals surface area contributed by atoms with E-state index in [0.717, 1.165) is 31.5 Å². The molecule has 2 saturated heterocycles. The second-order valence-electron chi connectivity index (χ2n) is 6.27. The Bertz CT molecular complexity index is 488. The van der Waals surface area contributed by atoms with Crippen molar-refractivity contribution in [2.24, 2.45) is 5.92 Å². The maximum Gasteiger partial charge on any atom is 0.226 e. The lowest BCUT2D eigenvalue weighted by Gasteiger charge is -2.35. The van der Waals surface area contributed by atoms with Crippen LogP contribution < -0.4 is 10.6 Å². The zero-order chi connectivity index (χ0) is 15.4. The van der Waals surface area contributed by atoms with Gasteiger partial charge in [-0.05, 0) is 31.5 Å². The Balaban J connectivity index is 1.77. The van der Waals surface area contributed by atoms with Gasteiger partial charge in [0.15, 0.2) is 0 Å². The molecule has 0 aromatic heterocycles. The van der Waals surface area contributed by atoms with Gasteiger partial charge in [0.05, 0.1) is 12.1 Å². The fourth-order valence-electron chi connectivity index (χ4n) is 3.41. The summed E-state index contributed by atoms with van der Waals surface area (Å²) in [7, 11) is 0. The van der Waals surface area contributed by atoms with E-state index in [-0.39, 0.29) is 17.9 Å². The normalized spacial score (nSPS) is 26.0. The van der Waals surface area contributed by atoms with Crippen molar-refractivity contribution < 1.29 is 9.90 Å². The van der Waals surface area contributed by atoms with E-state index in [4.69, 9.17) is 0 Å². The van der Waals surface area contributed by atoms with Crippen molar-refractivity contribution >= 4 is 5.91 Å². The highest BCUT2D eigenvalue weighted by atomic mass is 16.3. The van der Waals surface area contributed by atoms with Crippen molar-refractivity contribution in [2.45, 2.75) is 31.5 Å². The third-order valence-corrected chi connectivity index (χ3v) is 4.72. The summed E-state index contributed by atoms with van der Waals surface area (Å²) in [4.78, 5) is 14.9. The topological polar surface area (TPSA) is 64.6 Å². The molecule has 0 radical (unpaired) electrons. The van der Waals surface area contributed by atoms with E-state index in [1.54, 1.807) is 0 Å². The van der Waals surface area contributed by atoms with Gasteiger partial charge in [0.2, 0.25) is 5.91 Å². The van der Waals surface area contributed by atoms with Crippen LogP contribution in [0.1, 0.15) is 18.4 Å². The van der Waals surface area contributed by atoms with E-state index in [2.05, 4.69) is 10.6 Å². The quantitative estimate of drug-likeness (QED) is 0.751. The third-order valence-electron chi connectivity index (χ3n) is 4.72. The molecule has 2 fully saturated rings. The minimum absolute atomic E-state index is 0.0813. The number of amides is 1. The molecule has 5 heteroatoms. The summed E-state index contributed by atoms with van der Waals surface area (Å²) in [6.45, 7) is 3.62. The van der Waals surface area contributed by atoms with Crippen LogP contribution in [0.5, 0.6) is 0 Å². The Morgan fingerprint density at radius 3 is 2.50 bits per heavy atom. The number of hydrogen-bond acceptors (Lipinski definition) is 4. The monoisotopic (exact) mass is 303 g/mol. The summed E-state index contributed by atoms with van der Waals surface area (Å²) in [5.74, 6) is 0.274. The van der Waals surface area contributed by atoms with Gasteiger partial charge < -0.3 is 20.6 Å². The minimum Gasteiger partial charge on any atom is -0.390 e. The molecule has 2 aliphatic heterocycles. The number of aliphatic hydroxyl groups is 1. The average Bonchev–Trinajstić information content (AvgIpc) is 3.00. The van der Waals surface area contributed by atoms with E-state index in [0.29, 0.717) is 19.6 Å². The Morgan fingerprint density at radius 2 is 1.86 bits per heavy atom. The largest absolute Gasteiger partial charge is 0.390 e. The molecule has 5 nitrogen and oxygen atoms in total. The van der Waals surface area contributed by atoms with E-state index in [9.17, 15) is 9.90 Å². The molecule has 3 N–H and O–H groups in total. The first-order valence-corrected chi connectivity index (χ1v) is 8.19. The predicted molar refractivity (Wildman–Crippen MR) is 85.3 cm³/mol. The molecule has 1 aromatic rings. The number of hydrogen-bond donors (Lipinski definition) is 3. The molecule has 2 atom stereocenters. The third kappa shape index (κ3) is 3.48. The van der Waals surface area contributed by atoms with Gasteiger partial charge in [-0.25, -0.2) is 0 Å². The number of nitrogens with zero attached hydrogens (tertiary/aromatic N) is 1. The van der Waals surface area contributed by atoms with Gasteiger partial charge in [0, 0.05) is 25.6 Å². The second-order valence-corrected chi connectivity index (χ2v) is 6.27. The van der Waals surface area contributed by atoms with Crippen LogP contribution in [0.2, 0.25) is 0 Å². The Morgan fingerprint density at radius 1 is 1.14 bits per heavy atom. The van der Waals surface area contributed by atoms with Crippen LogP contribution in [0.15, 0.2) is 30.3 Å². The zero-order valence-electron chi connectivity index (χ0n) is 12.9. The Labute approximate surface area is 131 Å². The summed E-state index contributed by atoms with van der Waals surface area (Å²) < 4.78 is 0. The number of carbonyl (C=O) groups is 1. The second kappa shape index (κ2) is 7.22. The fraction of sp³-hybridized carbons (Fsp3) is 0.588.